The molecule has 4 nitrogen and oxygen atoms in total. The van der Waals surface area contributed by atoms with Crippen LogP contribution in [0.25, 0.3) is 0 Å². The van der Waals surface area contributed by atoms with Gasteiger partial charge in [-0.3, -0.25) is 0 Å². The second-order valence-electron chi connectivity index (χ2n) is 5.77. The maximum absolute atomic E-state index is 11.8. The van der Waals surface area contributed by atoms with Gasteiger partial charge in [-0.25, -0.2) is 4.79 Å². The van der Waals surface area contributed by atoms with Crippen LogP contribution in [0.2, 0.25) is 0 Å². The predicted molar refractivity (Wildman–Crippen MR) is 94.9 cm³/mol. The van der Waals surface area contributed by atoms with Gasteiger partial charge in [-0.15, -0.1) is 11.3 Å². The molecule has 0 aliphatic carbocycles. The first-order chi connectivity index (χ1) is 9.69. The Bertz CT molecular complexity index is 453. The molecule has 1 heterocycles. The largest absolute Gasteiger partial charge is 0.444 e. The molecule has 0 aromatic carbocycles. The van der Waals surface area contributed by atoms with Crippen LogP contribution in [-0.2, 0) is 11.3 Å². The minimum Gasteiger partial charge on any atom is -0.444 e. The fourth-order valence-electron chi connectivity index (χ4n) is 1.56. The number of thiophene rings is 1. The molecule has 0 spiro atoms. The van der Waals surface area contributed by atoms with Crippen LogP contribution in [0.15, 0.2) is 14.3 Å². The summed E-state index contributed by atoms with van der Waals surface area (Å²) in [7, 11) is 1.77. The minimum absolute atomic E-state index is 0.270. The van der Waals surface area contributed by atoms with Crippen molar-refractivity contribution in [1.82, 2.24) is 10.2 Å². The summed E-state index contributed by atoms with van der Waals surface area (Å²) >= 11 is 8.67. The van der Waals surface area contributed by atoms with Crippen LogP contribution in [0.1, 0.15) is 32.1 Å². The van der Waals surface area contributed by atoms with Gasteiger partial charge in [-0.05, 0) is 71.7 Å². The van der Waals surface area contributed by atoms with E-state index in [0.29, 0.717) is 6.54 Å². The first-order valence-electron chi connectivity index (χ1n) is 6.77. The summed E-state index contributed by atoms with van der Waals surface area (Å²) in [6, 6.07) is 2.11. The zero-order valence-corrected chi connectivity index (χ0v) is 16.8. The van der Waals surface area contributed by atoms with Gasteiger partial charge >= 0.3 is 6.09 Å². The Labute approximate surface area is 147 Å². The van der Waals surface area contributed by atoms with E-state index in [1.807, 2.05) is 20.8 Å². The molecule has 1 aromatic heterocycles. The zero-order chi connectivity index (χ0) is 16.0. The number of hydrogen-bond donors (Lipinski definition) is 1. The molecular formula is C14H22Br2N2O2S. The molecule has 0 unspecified atom stereocenters. The molecule has 0 saturated heterocycles. The lowest BCUT2D eigenvalue weighted by Crippen LogP contribution is -2.35. The van der Waals surface area contributed by atoms with Crippen LogP contribution in [0, 0.1) is 0 Å². The Morgan fingerprint density at radius 1 is 1.43 bits per heavy atom. The van der Waals surface area contributed by atoms with E-state index in [4.69, 9.17) is 4.74 Å². The van der Waals surface area contributed by atoms with Crippen LogP contribution < -0.4 is 5.32 Å². The molecule has 1 rings (SSSR count). The lowest BCUT2D eigenvalue weighted by Gasteiger charge is -2.24. The van der Waals surface area contributed by atoms with Crippen LogP contribution in [0.5, 0.6) is 0 Å². The maximum atomic E-state index is 11.8. The number of rotatable bonds is 6. The summed E-state index contributed by atoms with van der Waals surface area (Å²) in [6.07, 6.45) is 0.623. The molecule has 0 aliphatic rings. The molecule has 0 atom stereocenters. The van der Waals surface area contributed by atoms with E-state index in [0.717, 1.165) is 27.8 Å². The lowest BCUT2D eigenvalue weighted by molar-refractivity contribution is 0.0297. The van der Waals surface area contributed by atoms with Crippen molar-refractivity contribution >= 4 is 49.3 Å². The fraction of sp³-hybridized carbons (Fsp3) is 0.643. The molecule has 120 valence electrons. The van der Waals surface area contributed by atoms with Crippen LogP contribution in [0.3, 0.4) is 0 Å². The molecule has 7 heteroatoms. The first-order valence-corrected chi connectivity index (χ1v) is 9.18. The van der Waals surface area contributed by atoms with Crippen molar-refractivity contribution in [2.45, 2.75) is 39.3 Å². The number of carbonyl (C=O) groups is 1. The number of amides is 1. The van der Waals surface area contributed by atoms with Gasteiger partial charge in [0.15, 0.2) is 0 Å². The van der Waals surface area contributed by atoms with Gasteiger partial charge in [0.05, 0.1) is 3.79 Å². The molecule has 21 heavy (non-hydrogen) atoms. The van der Waals surface area contributed by atoms with Gasteiger partial charge in [0.25, 0.3) is 0 Å². The van der Waals surface area contributed by atoms with Crippen LogP contribution in [0.4, 0.5) is 4.79 Å². The van der Waals surface area contributed by atoms with Gasteiger partial charge in [0.2, 0.25) is 0 Å². The van der Waals surface area contributed by atoms with Crippen molar-refractivity contribution in [3.63, 3.8) is 0 Å². The Morgan fingerprint density at radius 3 is 2.62 bits per heavy atom. The Morgan fingerprint density at radius 2 is 2.10 bits per heavy atom. The highest BCUT2D eigenvalue weighted by molar-refractivity contribution is 9.13. The van der Waals surface area contributed by atoms with Gasteiger partial charge in [-0.1, -0.05) is 0 Å². The molecule has 0 fully saturated rings. The molecular weight excluding hydrogens is 420 g/mol. The lowest BCUT2D eigenvalue weighted by atomic mass is 10.2. The van der Waals surface area contributed by atoms with E-state index >= 15 is 0 Å². The second-order valence-corrected chi connectivity index (χ2v) is 9.08. The zero-order valence-electron chi connectivity index (χ0n) is 12.8. The SMILES string of the molecule is CN(CCCNCc1cc(Br)c(Br)s1)C(=O)OC(C)(C)C. The quantitative estimate of drug-likeness (QED) is 0.654. The van der Waals surface area contributed by atoms with Crippen molar-refractivity contribution in [1.29, 1.82) is 0 Å². The topological polar surface area (TPSA) is 41.6 Å². The average Bonchev–Trinajstić information content (AvgIpc) is 2.66. The van der Waals surface area contributed by atoms with E-state index in [-0.39, 0.29) is 6.09 Å². The molecule has 1 aromatic rings. The predicted octanol–water partition coefficient (Wildman–Crippen LogP) is 4.62. The van der Waals surface area contributed by atoms with Gasteiger partial charge in [-0.2, -0.15) is 0 Å². The number of nitrogens with one attached hydrogen (secondary N) is 1. The number of halogens is 2. The van der Waals surface area contributed by atoms with Crippen molar-refractivity contribution < 1.29 is 9.53 Å². The normalized spacial score (nSPS) is 11.5. The van der Waals surface area contributed by atoms with Gasteiger partial charge < -0.3 is 15.0 Å². The Kier molecular flexibility index (Phi) is 7.67. The third-order valence-corrected chi connectivity index (χ3v) is 5.80. The molecule has 0 saturated carbocycles. The number of ether oxygens (including phenoxy) is 1. The summed E-state index contributed by atoms with van der Waals surface area (Å²) in [5.74, 6) is 0. The van der Waals surface area contributed by atoms with E-state index in [1.165, 1.54) is 4.88 Å². The Hall–Kier alpha value is -0.110. The highest BCUT2D eigenvalue weighted by Gasteiger charge is 2.18. The fourth-order valence-corrected chi connectivity index (χ4v) is 3.71. The summed E-state index contributed by atoms with van der Waals surface area (Å²) in [5, 5.41) is 3.37. The van der Waals surface area contributed by atoms with E-state index in [9.17, 15) is 4.79 Å². The third kappa shape index (κ3) is 7.63. The first kappa shape index (κ1) is 18.9. The monoisotopic (exact) mass is 440 g/mol. The van der Waals surface area contributed by atoms with Crippen LogP contribution >= 0.6 is 43.2 Å². The highest BCUT2D eigenvalue weighted by Crippen LogP contribution is 2.32. The molecule has 1 amide bonds. The average molecular weight is 442 g/mol. The van der Waals surface area contributed by atoms with Gasteiger partial charge in [0, 0.05) is 29.5 Å². The van der Waals surface area contributed by atoms with Gasteiger partial charge in [0.1, 0.15) is 5.60 Å². The van der Waals surface area contributed by atoms with Crippen molar-refractivity contribution in [3.8, 4) is 0 Å². The number of carbonyl (C=O) groups excluding carboxylic acids is 1. The Balaban J connectivity index is 2.17. The molecule has 1 N–H and O–H groups in total. The van der Waals surface area contributed by atoms with Crippen LogP contribution in [-0.4, -0.2) is 36.7 Å². The van der Waals surface area contributed by atoms with E-state index in [2.05, 4.69) is 43.2 Å². The molecule has 0 aliphatic heterocycles. The maximum Gasteiger partial charge on any atom is 0.410 e. The third-order valence-electron chi connectivity index (χ3n) is 2.55. The van der Waals surface area contributed by atoms with Crippen molar-refractivity contribution in [2.24, 2.45) is 0 Å². The number of hydrogen-bond acceptors (Lipinski definition) is 4. The summed E-state index contributed by atoms with van der Waals surface area (Å²) in [4.78, 5) is 14.6. The number of nitrogens with zero attached hydrogens (tertiary/aromatic N) is 1. The van der Waals surface area contributed by atoms with E-state index < -0.39 is 5.60 Å². The second kappa shape index (κ2) is 8.50. The highest BCUT2D eigenvalue weighted by atomic mass is 79.9. The summed E-state index contributed by atoms with van der Waals surface area (Å²) < 4.78 is 7.51. The molecule has 0 radical (unpaired) electrons. The molecule has 0 bridgehead atoms. The smallest absolute Gasteiger partial charge is 0.410 e. The standard InChI is InChI=1S/C14H22Br2N2O2S/c1-14(2,3)20-13(19)18(4)7-5-6-17-9-10-8-11(15)12(16)21-10/h8,17H,5-7,9H2,1-4H3. The summed E-state index contributed by atoms with van der Waals surface area (Å²) in [6.45, 7) is 8.00. The van der Waals surface area contributed by atoms with Crippen molar-refractivity contribution in [2.75, 3.05) is 20.1 Å². The minimum atomic E-state index is -0.441. The summed E-state index contributed by atoms with van der Waals surface area (Å²) in [5.41, 5.74) is -0.441. The van der Waals surface area contributed by atoms with E-state index in [1.54, 1.807) is 23.3 Å². The van der Waals surface area contributed by atoms with Crippen molar-refractivity contribution in [3.05, 3.63) is 19.2 Å².